The van der Waals surface area contributed by atoms with E-state index in [0.717, 1.165) is 18.8 Å². The number of hydrogen-bond acceptors (Lipinski definition) is 3. The first-order valence-corrected chi connectivity index (χ1v) is 10.6. The molecule has 4 nitrogen and oxygen atoms in total. The van der Waals surface area contributed by atoms with Crippen molar-refractivity contribution < 1.29 is 9.53 Å². The lowest BCUT2D eigenvalue weighted by molar-refractivity contribution is 0.0504. The highest BCUT2D eigenvalue weighted by molar-refractivity contribution is 5.68. The molecule has 1 aromatic rings. The van der Waals surface area contributed by atoms with E-state index >= 15 is 0 Å². The van der Waals surface area contributed by atoms with Crippen molar-refractivity contribution in [2.45, 2.75) is 70.9 Å². The fourth-order valence-electron chi connectivity index (χ4n) is 4.53. The van der Waals surface area contributed by atoms with E-state index < -0.39 is 5.60 Å². The number of likely N-dealkylation sites (tertiary alicyclic amines) is 1. The SMILES string of the molecule is CC(C)(C)OC(=O)N[C@@H]1CC[C@H](CN2CCC(Cc3ccccc3)CC2)C1. The Kier molecular flexibility index (Phi) is 6.80. The van der Waals surface area contributed by atoms with Gasteiger partial charge in [0.15, 0.2) is 0 Å². The van der Waals surface area contributed by atoms with Crippen LogP contribution in [0.5, 0.6) is 0 Å². The summed E-state index contributed by atoms with van der Waals surface area (Å²) >= 11 is 0. The molecule has 1 saturated heterocycles. The van der Waals surface area contributed by atoms with E-state index in [2.05, 4.69) is 40.5 Å². The van der Waals surface area contributed by atoms with Crippen LogP contribution in [0.1, 0.15) is 58.4 Å². The average molecular weight is 373 g/mol. The topological polar surface area (TPSA) is 41.6 Å². The summed E-state index contributed by atoms with van der Waals surface area (Å²) < 4.78 is 5.38. The van der Waals surface area contributed by atoms with Crippen LogP contribution in [0.15, 0.2) is 30.3 Å². The predicted molar refractivity (Wildman–Crippen MR) is 110 cm³/mol. The Morgan fingerprint density at radius 1 is 1.07 bits per heavy atom. The number of carbonyl (C=O) groups excluding carboxylic acids is 1. The summed E-state index contributed by atoms with van der Waals surface area (Å²) in [4.78, 5) is 14.6. The number of benzene rings is 1. The van der Waals surface area contributed by atoms with Gasteiger partial charge in [-0.15, -0.1) is 0 Å². The molecule has 1 saturated carbocycles. The number of carbonyl (C=O) groups is 1. The summed E-state index contributed by atoms with van der Waals surface area (Å²) in [6.45, 7) is 9.35. The summed E-state index contributed by atoms with van der Waals surface area (Å²) in [7, 11) is 0. The maximum absolute atomic E-state index is 12.0. The third kappa shape index (κ3) is 6.84. The summed E-state index contributed by atoms with van der Waals surface area (Å²) in [5.74, 6) is 1.53. The van der Waals surface area contributed by atoms with E-state index in [0.29, 0.717) is 5.92 Å². The highest BCUT2D eigenvalue weighted by Gasteiger charge is 2.30. The monoisotopic (exact) mass is 372 g/mol. The lowest BCUT2D eigenvalue weighted by Gasteiger charge is -2.33. The van der Waals surface area contributed by atoms with Crippen LogP contribution in [0.25, 0.3) is 0 Å². The predicted octanol–water partition coefficient (Wildman–Crippen LogP) is 4.63. The minimum atomic E-state index is -0.424. The van der Waals surface area contributed by atoms with Crippen LogP contribution in [0.3, 0.4) is 0 Å². The van der Waals surface area contributed by atoms with Gasteiger partial charge in [0, 0.05) is 12.6 Å². The maximum atomic E-state index is 12.0. The van der Waals surface area contributed by atoms with E-state index in [-0.39, 0.29) is 12.1 Å². The lowest BCUT2D eigenvalue weighted by atomic mass is 9.90. The van der Waals surface area contributed by atoms with Crippen LogP contribution in [0.2, 0.25) is 0 Å². The van der Waals surface area contributed by atoms with Crippen molar-refractivity contribution in [2.24, 2.45) is 11.8 Å². The second-order valence-electron chi connectivity index (χ2n) is 9.46. The first kappa shape index (κ1) is 20.2. The van der Waals surface area contributed by atoms with Crippen molar-refractivity contribution >= 4 is 6.09 Å². The van der Waals surface area contributed by atoms with Crippen LogP contribution in [0, 0.1) is 11.8 Å². The highest BCUT2D eigenvalue weighted by Crippen LogP contribution is 2.29. The zero-order valence-corrected chi connectivity index (χ0v) is 17.2. The van der Waals surface area contributed by atoms with Crippen molar-refractivity contribution in [1.29, 1.82) is 0 Å². The van der Waals surface area contributed by atoms with Crippen LogP contribution in [-0.4, -0.2) is 42.3 Å². The van der Waals surface area contributed by atoms with Gasteiger partial charge in [0.1, 0.15) is 5.60 Å². The number of piperidine rings is 1. The van der Waals surface area contributed by atoms with Crippen LogP contribution < -0.4 is 5.32 Å². The molecule has 150 valence electrons. The zero-order valence-electron chi connectivity index (χ0n) is 17.2. The molecule has 1 aliphatic heterocycles. The Balaban J connectivity index is 1.34. The standard InChI is InChI=1S/C23H36N2O2/c1-23(2,3)27-22(26)24-21-10-9-20(16-21)17-25-13-11-19(12-14-25)15-18-7-5-4-6-8-18/h4-8,19-21H,9-17H2,1-3H3,(H,24,26)/t20-,21+/m0/s1. The molecule has 3 rings (SSSR count). The zero-order chi connectivity index (χ0) is 19.3. The number of nitrogens with one attached hydrogen (secondary N) is 1. The van der Waals surface area contributed by atoms with Gasteiger partial charge in [0.25, 0.3) is 0 Å². The molecule has 2 atom stereocenters. The number of ether oxygens (including phenoxy) is 1. The molecule has 2 fully saturated rings. The number of hydrogen-bond donors (Lipinski definition) is 1. The molecule has 0 bridgehead atoms. The van der Waals surface area contributed by atoms with Crippen molar-refractivity contribution in [3.8, 4) is 0 Å². The van der Waals surface area contributed by atoms with Crippen molar-refractivity contribution in [2.75, 3.05) is 19.6 Å². The van der Waals surface area contributed by atoms with Crippen molar-refractivity contribution in [3.63, 3.8) is 0 Å². The van der Waals surface area contributed by atoms with E-state index in [1.165, 1.54) is 50.9 Å². The third-order valence-corrected chi connectivity index (χ3v) is 5.85. The Morgan fingerprint density at radius 3 is 2.44 bits per heavy atom. The van der Waals surface area contributed by atoms with Crippen LogP contribution in [0.4, 0.5) is 4.79 Å². The third-order valence-electron chi connectivity index (χ3n) is 5.85. The van der Waals surface area contributed by atoms with Gasteiger partial charge in [-0.05, 0) is 89.8 Å². The Hall–Kier alpha value is -1.55. The smallest absolute Gasteiger partial charge is 0.407 e. The molecule has 0 aromatic heterocycles. The molecule has 4 heteroatoms. The Labute approximate surface area is 164 Å². The van der Waals surface area contributed by atoms with E-state index in [1.807, 2.05) is 20.8 Å². The Morgan fingerprint density at radius 2 is 1.78 bits per heavy atom. The highest BCUT2D eigenvalue weighted by atomic mass is 16.6. The molecule has 1 heterocycles. The maximum Gasteiger partial charge on any atom is 0.407 e. The molecule has 1 N–H and O–H groups in total. The first-order chi connectivity index (χ1) is 12.9. The molecule has 2 aliphatic rings. The van der Waals surface area contributed by atoms with Crippen molar-refractivity contribution in [1.82, 2.24) is 10.2 Å². The van der Waals surface area contributed by atoms with Gasteiger partial charge in [-0.1, -0.05) is 30.3 Å². The van der Waals surface area contributed by atoms with E-state index in [1.54, 1.807) is 0 Å². The minimum absolute atomic E-state index is 0.269. The van der Waals surface area contributed by atoms with Gasteiger partial charge >= 0.3 is 6.09 Å². The molecule has 0 spiro atoms. The summed E-state index contributed by atoms with van der Waals surface area (Å²) in [6, 6.07) is 11.2. The number of alkyl carbamates (subject to hydrolysis) is 1. The first-order valence-electron chi connectivity index (χ1n) is 10.6. The largest absolute Gasteiger partial charge is 0.444 e. The molecular formula is C23H36N2O2. The molecule has 1 aromatic carbocycles. The number of rotatable bonds is 5. The van der Waals surface area contributed by atoms with Gasteiger partial charge in [-0.3, -0.25) is 0 Å². The fourth-order valence-corrected chi connectivity index (χ4v) is 4.53. The number of nitrogens with zero attached hydrogens (tertiary/aromatic N) is 1. The fraction of sp³-hybridized carbons (Fsp3) is 0.696. The normalized spacial score (nSPS) is 24.7. The minimum Gasteiger partial charge on any atom is -0.444 e. The number of amides is 1. The van der Waals surface area contributed by atoms with Crippen LogP contribution >= 0.6 is 0 Å². The second kappa shape index (κ2) is 9.09. The van der Waals surface area contributed by atoms with Crippen molar-refractivity contribution in [3.05, 3.63) is 35.9 Å². The van der Waals surface area contributed by atoms with Crippen LogP contribution in [-0.2, 0) is 11.2 Å². The van der Waals surface area contributed by atoms with E-state index in [4.69, 9.17) is 4.74 Å². The van der Waals surface area contributed by atoms with E-state index in [9.17, 15) is 4.79 Å². The summed E-state index contributed by atoms with van der Waals surface area (Å²) in [6.07, 6.45) is 6.94. The van der Waals surface area contributed by atoms with Gasteiger partial charge in [-0.25, -0.2) is 4.79 Å². The molecule has 1 amide bonds. The summed E-state index contributed by atoms with van der Waals surface area (Å²) in [5, 5.41) is 3.06. The second-order valence-corrected chi connectivity index (χ2v) is 9.46. The quantitative estimate of drug-likeness (QED) is 0.819. The lowest BCUT2D eigenvalue weighted by Crippen LogP contribution is -2.39. The molecule has 27 heavy (non-hydrogen) atoms. The molecule has 0 unspecified atom stereocenters. The Bertz CT molecular complexity index is 588. The molecule has 1 aliphatic carbocycles. The average Bonchev–Trinajstić information content (AvgIpc) is 3.02. The molecular weight excluding hydrogens is 336 g/mol. The van der Waals surface area contributed by atoms with Gasteiger partial charge < -0.3 is 15.0 Å². The summed E-state index contributed by atoms with van der Waals surface area (Å²) in [5.41, 5.74) is 1.05. The van der Waals surface area contributed by atoms with Gasteiger partial charge in [-0.2, -0.15) is 0 Å². The van der Waals surface area contributed by atoms with Gasteiger partial charge in [0.05, 0.1) is 0 Å². The van der Waals surface area contributed by atoms with Gasteiger partial charge in [0.2, 0.25) is 0 Å². The molecule has 0 radical (unpaired) electrons.